The van der Waals surface area contributed by atoms with Crippen molar-refractivity contribution in [3.8, 4) is 0 Å². The van der Waals surface area contributed by atoms with Crippen LogP contribution in [0.15, 0.2) is 0 Å². The Balaban J connectivity index is 0. The lowest BCUT2D eigenvalue weighted by Crippen LogP contribution is -2.41. The number of aliphatic hydroxyl groups excluding tert-OH is 1. The van der Waals surface area contributed by atoms with Crippen LogP contribution in [-0.2, 0) is 4.79 Å². The number of rotatable bonds is 5. The predicted molar refractivity (Wildman–Crippen MR) is 48.4 cm³/mol. The summed E-state index contributed by atoms with van der Waals surface area (Å²) in [5, 5.41) is 17.5. The number of carbonyl (C=O) groups is 1. The van der Waals surface area contributed by atoms with Crippen molar-refractivity contribution in [3.63, 3.8) is 0 Å². The molecule has 0 radical (unpaired) electrons. The van der Waals surface area contributed by atoms with E-state index in [2.05, 4.69) is 0 Å². The molecule has 12 heavy (non-hydrogen) atoms. The minimum absolute atomic E-state index is 0. The van der Waals surface area contributed by atoms with Gasteiger partial charge in [-0.25, -0.2) is 0 Å². The van der Waals surface area contributed by atoms with Gasteiger partial charge in [-0.3, -0.25) is 4.79 Å². The average molecular weight is 198 g/mol. The first kappa shape index (κ1) is 14.2. The second-order valence-electron chi connectivity index (χ2n) is 2.57. The van der Waals surface area contributed by atoms with Crippen molar-refractivity contribution in [1.82, 2.24) is 0 Å². The molecule has 0 amide bonds. The average Bonchev–Trinajstić information content (AvgIpc) is 1.98. The Labute approximate surface area is 78.2 Å². The van der Waals surface area contributed by atoms with Crippen LogP contribution in [0.5, 0.6) is 0 Å². The van der Waals surface area contributed by atoms with Crippen LogP contribution in [0.4, 0.5) is 0 Å². The summed E-state index contributed by atoms with van der Waals surface area (Å²) in [6.07, 6.45) is 1.29. The normalized spacial score (nSPS) is 14.6. The van der Waals surface area contributed by atoms with Crippen molar-refractivity contribution in [2.75, 3.05) is 0 Å². The fourth-order valence-electron chi connectivity index (χ4n) is 0.757. The Morgan fingerprint density at radius 2 is 2.08 bits per heavy atom. The second kappa shape index (κ2) is 7.34. The zero-order chi connectivity index (χ0) is 8.85. The molecule has 74 valence electrons. The minimum atomic E-state index is -1.14. The van der Waals surface area contributed by atoms with Gasteiger partial charge in [0.1, 0.15) is 6.04 Å². The van der Waals surface area contributed by atoms with E-state index in [4.69, 9.17) is 15.9 Å². The van der Waals surface area contributed by atoms with Gasteiger partial charge in [-0.15, -0.1) is 12.4 Å². The SMILES string of the molecule is CCCC[C@H](O)[C@@H](N)C(=O)O.Cl. The summed E-state index contributed by atoms with van der Waals surface area (Å²) >= 11 is 0. The third kappa shape index (κ3) is 5.35. The molecule has 0 aromatic heterocycles. The lowest BCUT2D eigenvalue weighted by Gasteiger charge is -2.13. The van der Waals surface area contributed by atoms with E-state index in [1.807, 2.05) is 6.92 Å². The van der Waals surface area contributed by atoms with Gasteiger partial charge in [-0.1, -0.05) is 19.8 Å². The lowest BCUT2D eigenvalue weighted by atomic mass is 10.1. The van der Waals surface area contributed by atoms with Crippen LogP contribution in [0.25, 0.3) is 0 Å². The molecular formula is C7H16ClNO3. The number of nitrogens with two attached hydrogens (primary N) is 1. The van der Waals surface area contributed by atoms with E-state index in [-0.39, 0.29) is 12.4 Å². The molecule has 0 aliphatic rings. The van der Waals surface area contributed by atoms with Crippen LogP contribution >= 0.6 is 12.4 Å². The number of aliphatic hydroxyl groups is 1. The Hall–Kier alpha value is -0.320. The highest BCUT2D eigenvalue weighted by molar-refractivity contribution is 5.85. The maximum Gasteiger partial charge on any atom is 0.323 e. The number of aliphatic carboxylic acids is 1. The van der Waals surface area contributed by atoms with Crippen LogP contribution in [0, 0.1) is 0 Å². The Morgan fingerprint density at radius 3 is 2.42 bits per heavy atom. The summed E-state index contributed by atoms with van der Waals surface area (Å²) in [4.78, 5) is 10.2. The highest BCUT2D eigenvalue weighted by atomic mass is 35.5. The summed E-state index contributed by atoms with van der Waals surface area (Å²) < 4.78 is 0. The van der Waals surface area contributed by atoms with Crippen molar-refractivity contribution in [1.29, 1.82) is 0 Å². The molecule has 4 N–H and O–H groups in total. The zero-order valence-corrected chi connectivity index (χ0v) is 7.88. The Morgan fingerprint density at radius 1 is 1.58 bits per heavy atom. The fraction of sp³-hybridized carbons (Fsp3) is 0.857. The van der Waals surface area contributed by atoms with E-state index in [9.17, 15) is 4.79 Å². The van der Waals surface area contributed by atoms with Gasteiger partial charge in [0.25, 0.3) is 0 Å². The van der Waals surface area contributed by atoms with Crippen molar-refractivity contribution >= 4 is 18.4 Å². The quantitative estimate of drug-likeness (QED) is 0.595. The maximum absolute atomic E-state index is 10.2. The summed E-state index contributed by atoms with van der Waals surface area (Å²) in [6.45, 7) is 1.97. The van der Waals surface area contributed by atoms with Crippen LogP contribution in [0.2, 0.25) is 0 Å². The van der Waals surface area contributed by atoms with E-state index in [1.54, 1.807) is 0 Å². The van der Waals surface area contributed by atoms with Crippen molar-refractivity contribution in [2.45, 2.75) is 38.3 Å². The van der Waals surface area contributed by atoms with Crippen molar-refractivity contribution in [3.05, 3.63) is 0 Å². The van der Waals surface area contributed by atoms with Gasteiger partial charge in [0, 0.05) is 0 Å². The number of halogens is 1. The molecule has 2 atom stereocenters. The van der Waals surface area contributed by atoms with Crippen LogP contribution in [0.1, 0.15) is 26.2 Å². The highest BCUT2D eigenvalue weighted by Gasteiger charge is 2.20. The standard InChI is InChI=1S/C7H15NO3.ClH/c1-2-3-4-5(9)6(8)7(10)11;/h5-6,9H,2-4,8H2,1H3,(H,10,11);1H/t5-,6+;/m0./s1. The van der Waals surface area contributed by atoms with Crippen molar-refractivity contribution < 1.29 is 15.0 Å². The third-order valence-corrected chi connectivity index (χ3v) is 1.55. The summed E-state index contributed by atoms with van der Waals surface area (Å²) in [5.74, 6) is -1.14. The van der Waals surface area contributed by atoms with Crippen molar-refractivity contribution in [2.24, 2.45) is 5.73 Å². The summed E-state index contributed by atoms with van der Waals surface area (Å²) in [6, 6.07) is -1.14. The van der Waals surface area contributed by atoms with Gasteiger partial charge in [-0.05, 0) is 6.42 Å². The molecule has 0 saturated carbocycles. The van der Waals surface area contributed by atoms with E-state index >= 15 is 0 Å². The van der Waals surface area contributed by atoms with E-state index < -0.39 is 18.1 Å². The summed E-state index contributed by atoms with van der Waals surface area (Å²) in [7, 11) is 0. The van der Waals surface area contributed by atoms with Crippen LogP contribution in [0.3, 0.4) is 0 Å². The summed E-state index contributed by atoms with van der Waals surface area (Å²) in [5.41, 5.74) is 5.15. The molecule has 0 spiro atoms. The topological polar surface area (TPSA) is 83.5 Å². The molecule has 0 saturated heterocycles. The first-order valence-electron chi connectivity index (χ1n) is 3.76. The first-order valence-corrected chi connectivity index (χ1v) is 3.76. The fourth-order valence-corrected chi connectivity index (χ4v) is 0.757. The van der Waals surface area contributed by atoms with Crippen LogP contribution < -0.4 is 5.73 Å². The largest absolute Gasteiger partial charge is 0.480 e. The molecule has 0 aromatic rings. The van der Waals surface area contributed by atoms with Crippen LogP contribution in [-0.4, -0.2) is 28.3 Å². The smallest absolute Gasteiger partial charge is 0.323 e. The minimum Gasteiger partial charge on any atom is -0.480 e. The molecule has 5 heteroatoms. The lowest BCUT2D eigenvalue weighted by molar-refractivity contribution is -0.141. The first-order chi connectivity index (χ1) is 5.09. The molecule has 0 aliphatic carbocycles. The molecular weight excluding hydrogens is 182 g/mol. The second-order valence-corrected chi connectivity index (χ2v) is 2.57. The van der Waals surface area contributed by atoms with Gasteiger partial charge in [0.05, 0.1) is 6.10 Å². The molecule has 0 unspecified atom stereocenters. The maximum atomic E-state index is 10.2. The molecule has 4 nitrogen and oxygen atoms in total. The van der Waals surface area contributed by atoms with Gasteiger partial charge < -0.3 is 15.9 Å². The number of hydrogen-bond acceptors (Lipinski definition) is 3. The van der Waals surface area contributed by atoms with E-state index in [0.29, 0.717) is 6.42 Å². The predicted octanol–water partition coefficient (Wildman–Crippen LogP) is 0.371. The van der Waals surface area contributed by atoms with Gasteiger partial charge in [0.15, 0.2) is 0 Å². The number of carboxylic acids is 1. The molecule has 0 rings (SSSR count). The number of unbranched alkanes of at least 4 members (excludes halogenated alkanes) is 1. The monoisotopic (exact) mass is 197 g/mol. The van der Waals surface area contributed by atoms with Gasteiger partial charge in [-0.2, -0.15) is 0 Å². The van der Waals surface area contributed by atoms with E-state index in [0.717, 1.165) is 12.8 Å². The Bertz CT molecular complexity index is 132. The molecule has 0 bridgehead atoms. The van der Waals surface area contributed by atoms with E-state index in [1.165, 1.54) is 0 Å². The zero-order valence-electron chi connectivity index (χ0n) is 7.06. The number of hydrogen-bond donors (Lipinski definition) is 3. The third-order valence-electron chi connectivity index (χ3n) is 1.55. The number of carboxylic acid groups (broad SMARTS) is 1. The molecule has 0 heterocycles. The Kier molecular flexibility index (Phi) is 8.69. The van der Waals surface area contributed by atoms with Gasteiger partial charge in [0.2, 0.25) is 0 Å². The molecule has 0 aromatic carbocycles. The molecule has 0 aliphatic heterocycles. The molecule has 0 fully saturated rings. The highest BCUT2D eigenvalue weighted by Crippen LogP contribution is 2.02. The van der Waals surface area contributed by atoms with Gasteiger partial charge >= 0.3 is 5.97 Å².